The smallest absolute Gasteiger partial charge is 0.0329 e. The predicted molar refractivity (Wildman–Crippen MR) is 76.3 cm³/mol. The van der Waals surface area contributed by atoms with E-state index in [4.69, 9.17) is 6.42 Å². The molecule has 0 aliphatic carbocycles. The van der Waals surface area contributed by atoms with Crippen molar-refractivity contribution in [2.24, 2.45) is 0 Å². The molecule has 1 atom stereocenters. The van der Waals surface area contributed by atoms with Gasteiger partial charge in [-0.05, 0) is 43.7 Å². The number of hydrogen-bond acceptors (Lipinski definition) is 1. The molecule has 0 aliphatic rings. The second kappa shape index (κ2) is 7.11. The molecule has 1 aromatic carbocycles. The van der Waals surface area contributed by atoms with Crippen molar-refractivity contribution in [1.82, 2.24) is 5.32 Å². The Morgan fingerprint density at radius 1 is 1.44 bits per heavy atom. The molecule has 0 saturated heterocycles. The summed E-state index contributed by atoms with van der Waals surface area (Å²) in [4.78, 5) is 0. The monoisotopic (exact) mass is 343 g/mol. The molecule has 0 amide bonds. The van der Waals surface area contributed by atoms with Gasteiger partial charge in [0.1, 0.15) is 0 Å². The first-order valence-electron chi connectivity index (χ1n) is 5.24. The quantitative estimate of drug-likeness (QED) is 0.621. The van der Waals surface area contributed by atoms with E-state index in [1.54, 1.807) is 0 Å². The van der Waals surface area contributed by atoms with Gasteiger partial charge in [-0.2, -0.15) is 0 Å². The molecule has 0 aliphatic heterocycles. The summed E-state index contributed by atoms with van der Waals surface area (Å²) in [7, 11) is 1.98. The normalized spacial score (nSPS) is 12.1. The van der Waals surface area contributed by atoms with Crippen LogP contribution in [0.3, 0.4) is 0 Å². The zero-order chi connectivity index (χ0) is 12.0. The number of hydrogen-bond donors (Lipinski definition) is 1. The third-order valence-electron chi connectivity index (χ3n) is 2.50. The van der Waals surface area contributed by atoms with E-state index >= 15 is 0 Å². The number of terminal acetylenes is 1. The third-order valence-corrected chi connectivity index (χ3v) is 3.71. The number of unbranched alkanes of at least 4 members (excludes halogenated alkanes) is 1. The molecule has 0 aromatic heterocycles. The first kappa shape index (κ1) is 13.8. The molecule has 86 valence electrons. The molecule has 0 radical (unpaired) electrons. The molecule has 0 heterocycles. The topological polar surface area (TPSA) is 12.0 Å². The fourth-order valence-corrected chi connectivity index (χ4v) is 2.55. The maximum absolute atomic E-state index is 5.26. The van der Waals surface area contributed by atoms with Crippen molar-refractivity contribution in [3.63, 3.8) is 0 Å². The molecular weight excluding hydrogens is 330 g/mol. The minimum absolute atomic E-state index is 0.347. The van der Waals surface area contributed by atoms with Gasteiger partial charge in [0.2, 0.25) is 0 Å². The van der Waals surface area contributed by atoms with Crippen LogP contribution in [-0.2, 0) is 0 Å². The second-order valence-electron chi connectivity index (χ2n) is 3.60. The summed E-state index contributed by atoms with van der Waals surface area (Å²) in [5.74, 6) is 2.68. The van der Waals surface area contributed by atoms with Crippen LogP contribution in [0.2, 0.25) is 0 Å². The first-order chi connectivity index (χ1) is 7.69. The molecular formula is C13H15Br2N. The summed E-state index contributed by atoms with van der Waals surface area (Å²) >= 11 is 7.07. The Morgan fingerprint density at radius 3 is 2.81 bits per heavy atom. The molecule has 1 nitrogen and oxygen atoms in total. The number of nitrogens with one attached hydrogen (secondary N) is 1. The molecule has 1 aromatic rings. The maximum Gasteiger partial charge on any atom is 0.0329 e. The van der Waals surface area contributed by atoms with Crippen molar-refractivity contribution in [3.05, 3.63) is 32.7 Å². The van der Waals surface area contributed by atoms with Crippen LogP contribution in [-0.4, -0.2) is 7.05 Å². The van der Waals surface area contributed by atoms with Gasteiger partial charge in [-0.15, -0.1) is 12.3 Å². The average molecular weight is 345 g/mol. The van der Waals surface area contributed by atoms with Crippen molar-refractivity contribution >= 4 is 31.9 Å². The molecule has 16 heavy (non-hydrogen) atoms. The van der Waals surface area contributed by atoms with E-state index in [0.29, 0.717) is 6.04 Å². The Bertz CT molecular complexity index is 382. The van der Waals surface area contributed by atoms with Crippen molar-refractivity contribution in [1.29, 1.82) is 0 Å². The van der Waals surface area contributed by atoms with E-state index < -0.39 is 0 Å². The van der Waals surface area contributed by atoms with E-state index in [-0.39, 0.29) is 0 Å². The van der Waals surface area contributed by atoms with Crippen LogP contribution in [0.25, 0.3) is 0 Å². The Kier molecular flexibility index (Phi) is 6.12. The fourth-order valence-electron chi connectivity index (χ4n) is 1.65. The summed E-state index contributed by atoms with van der Waals surface area (Å²) < 4.78 is 2.23. The van der Waals surface area contributed by atoms with Gasteiger partial charge in [0.15, 0.2) is 0 Å². The minimum Gasteiger partial charge on any atom is -0.313 e. The Balaban J connectivity index is 2.78. The molecule has 0 saturated carbocycles. The molecule has 3 heteroatoms. The van der Waals surface area contributed by atoms with Crippen LogP contribution in [0, 0.1) is 12.3 Å². The summed E-state index contributed by atoms with van der Waals surface area (Å²) in [6.07, 6.45) is 8.19. The fraction of sp³-hybridized carbons (Fsp3) is 0.385. The van der Waals surface area contributed by atoms with Crippen LogP contribution in [0.1, 0.15) is 30.9 Å². The van der Waals surface area contributed by atoms with Crippen molar-refractivity contribution in [3.8, 4) is 12.3 Å². The lowest BCUT2D eigenvalue weighted by molar-refractivity contribution is 0.530. The van der Waals surface area contributed by atoms with E-state index in [1.807, 2.05) is 13.1 Å². The molecule has 0 bridgehead atoms. The van der Waals surface area contributed by atoms with E-state index in [1.165, 1.54) is 5.56 Å². The average Bonchev–Trinajstić information content (AvgIpc) is 2.28. The van der Waals surface area contributed by atoms with Crippen LogP contribution >= 0.6 is 31.9 Å². The van der Waals surface area contributed by atoms with Gasteiger partial charge < -0.3 is 5.32 Å². The lowest BCUT2D eigenvalue weighted by Crippen LogP contribution is -2.16. The van der Waals surface area contributed by atoms with Crippen LogP contribution in [0.4, 0.5) is 0 Å². The Labute approximate surface area is 114 Å². The lowest BCUT2D eigenvalue weighted by atomic mass is 10.0. The van der Waals surface area contributed by atoms with Crippen LogP contribution < -0.4 is 5.32 Å². The standard InChI is InChI=1S/C13H15Br2N/c1-3-4-5-6-13(16-2)11-9-10(14)7-8-12(11)15/h1,7-9,13,16H,4-6H2,2H3. The third kappa shape index (κ3) is 3.93. The van der Waals surface area contributed by atoms with Gasteiger partial charge >= 0.3 is 0 Å². The Morgan fingerprint density at radius 2 is 2.19 bits per heavy atom. The first-order valence-corrected chi connectivity index (χ1v) is 6.83. The lowest BCUT2D eigenvalue weighted by Gasteiger charge is -2.18. The van der Waals surface area contributed by atoms with Gasteiger partial charge in [-0.3, -0.25) is 0 Å². The van der Waals surface area contributed by atoms with E-state index in [0.717, 1.165) is 28.2 Å². The number of halogens is 2. The van der Waals surface area contributed by atoms with Gasteiger partial charge in [-0.1, -0.05) is 31.9 Å². The highest BCUT2D eigenvalue weighted by atomic mass is 79.9. The highest BCUT2D eigenvalue weighted by Gasteiger charge is 2.12. The molecule has 0 spiro atoms. The largest absolute Gasteiger partial charge is 0.313 e. The van der Waals surface area contributed by atoms with Crippen molar-refractivity contribution in [2.45, 2.75) is 25.3 Å². The molecule has 0 fully saturated rings. The van der Waals surface area contributed by atoms with Gasteiger partial charge in [0.05, 0.1) is 0 Å². The molecule has 1 unspecified atom stereocenters. The number of rotatable bonds is 5. The number of benzene rings is 1. The van der Waals surface area contributed by atoms with Crippen LogP contribution in [0.15, 0.2) is 27.1 Å². The SMILES string of the molecule is C#CCCCC(NC)c1cc(Br)ccc1Br. The molecule has 1 N–H and O–H groups in total. The predicted octanol–water partition coefficient (Wildman–Crippen LogP) is 4.28. The van der Waals surface area contributed by atoms with Gasteiger partial charge in [0.25, 0.3) is 0 Å². The molecule has 1 rings (SSSR count). The van der Waals surface area contributed by atoms with Crippen LogP contribution in [0.5, 0.6) is 0 Å². The highest BCUT2D eigenvalue weighted by molar-refractivity contribution is 9.11. The zero-order valence-corrected chi connectivity index (χ0v) is 12.4. The Hall–Kier alpha value is -0.300. The second-order valence-corrected chi connectivity index (χ2v) is 5.37. The van der Waals surface area contributed by atoms with Crippen molar-refractivity contribution < 1.29 is 0 Å². The van der Waals surface area contributed by atoms with Gasteiger partial charge in [0, 0.05) is 21.4 Å². The summed E-state index contributed by atoms with van der Waals surface area (Å²) in [6, 6.07) is 6.58. The van der Waals surface area contributed by atoms with Gasteiger partial charge in [-0.25, -0.2) is 0 Å². The summed E-state index contributed by atoms with van der Waals surface area (Å²) in [5.41, 5.74) is 1.27. The minimum atomic E-state index is 0.347. The maximum atomic E-state index is 5.26. The van der Waals surface area contributed by atoms with E-state index in [2.05, 4.69) is 55.2 Å². The summed E-state index contributed by atoms with van der Waals surface area (Å²) in [6.45, 7) is 0. The van der Waals surface area contributed by atoms with Crippen molar-refractivity contribution in [2.75, 3.05) is 7.05 Å². The summed E-state index contributed by atoms with van der Waals surface area (Å²) in [5, 5.41) is 3.33. The highest BCUT2D eigenvalue weighted by Crippen LogP contribution is 2.29. The van der Waals surface area contributed by atoms with E-state index in [9.17, 15) is 0 Å². The zero-order valence-electron chi connectivity index (χ0n) is 9.26.